The third kappa shape index (κ3) is 6.89. The van der Waals surface area contributed by atoms with E-state index < -0.39 is 0 Å². The van der Waals surface area contributed by atoms with Crippen molar-refractivity contribution in [3.05, 3.63) is 24.3 Å². The van der Waals surface area contributed by atoms with Crippen LogP contribution in [0.4, 0.5) is 10.5 Å². The molecule has 5 nitrogen and oxygen atoms in total. The van der Waals surface area contributed by atoms with Crippen LogP contribution in [-0.4, -0.2) is 43.3 Å². The number of ether oxygens (including phenoxy) is 2. The molecule has 24 heavy (non-hydrogen) atoms. The average Bonchev–Trinajstić information content (AvgIpc) is 2.57. The highest BCUT2D eigenvalue weighted by molar-refractivity contribution is 5.59. The Morgan fingerprint density at radius 1 is 1.21 bits per heavy atom. The molecule has 1 aliphatic heterocycles. The van der Waals surface area contributed by atoms with Crippen LogP contribution in [0.3, 0.4) is 0 Å². The van der Waals surface area contributed by atoms with Gasteiger partial charge in [-0.25, -0.2) is 5.32 Å². The van der Waals surface area contributed by atoms with Crippen LogP contribution in [0.2, 0.25) is 0 Å². The van der Waals surface area contributed by atoms with Crippen molar-refractivity contribution in [2.75, 3.05) is 26.2 Å². The van der Waals surface area contributed by atoms with E-state index in [4.69, 9.17) is 9.47 Å². The molecule has 0 bridgehead atoms. The van der Waals surface area contributed by atoms with Crippen LogP contribution in [0.5, 0.6) is 5.75 Å². The number of nitrogens with zero attached hydrogens (tertiary/aromatic N) is 1. The van der Waals surface area contributed by atoms with Crippen molar-refractivity contribution in [2.45, 2.75) is 52.1 Å². The molecule has 0 aromatic heterocycles. The van der Waals surface area contributed by atoms with Gasteiger partial charge in [0.1, 0.15) is 17.5 Å². The minimum Gasteiger partial charge on any atom is -0.494 e. The smallest absolute Gasteiger partial charge is 0.494 e. The van der Waals surface area contributed by atoms with E-state index >= 15 is 0 Å². The van der Waals surface area contributed by atoms with Crippen molar-refractivity contribution in [1.82, 2.24) is 4.90 Å². The molecule has 1 amide bonds. The Balaban J connectivity index is 1.70. The Bertz CT molecular complexity index is 484. The summed E-state index contributed by atoms with van der Waals surface area (Å²) in [5.74, 6) is 0.840. The number of amides is 1. The van der Waals surface area contributed by atoms with Gasteiger partial charge in [0.25, 0.3) is 0 Å². The number of nitrogens with two attached hydrogens (primary N) is 1. The molecular weight excluding hydrogens is 304 g/mol. The third-order valence-electron chi connectivity index (χ3n) is 4.21. The number of unbranched alkanes of at least 4 members (excludes halogenated alkanes) is 1. The van der Waals surface area contributed by atoms with Gasteiger partial charge in [0.05, 0.1) is 6.61 Å². The fourth-order valence-electron chi connectivity index (χ4n) is 2.91. The van der Waals surface area contributed by atoms with Crippen molar-refractivity contribution in [2.24, 2.45) is 0 Å². The molecule has 1 aromatic rings. The Morgan fingerprint density at radius 3 is 2.58 bits per heavy atom. The first-order chi connectivity index (χ1) is 11.7. The van der Waals surface area contributed by atoms with Crippen molar-refractivity contribution in [1.29, 1.82) is 0 Å². The summed E-state index contributed by atoms with van der Waals surface area (Å²) in [6, 6.07) is 7.56. The highest BCUT2D eigenvalue weighted by atomic mass is 16.6. The number of hydrogen-bond acceptors (Lipinski definition) is 4. The molecule has 1 fully saturated rings. The predicted octanol–water partition coefficient (Wildman–Crippen LogP) is 3.07. The molecule has 2 N–H and O–H groups in total. The van der Waals surface area contributed by atoms with E-state index in [1.54, 1.807) is 5.32 Å². The maximum absolute atomic E-state index is 12.0. The summed E-state index contributed by atoms with van der Waals surface area (Å²) in [5, 5.41) is 1.54. The maximum atomic E-state index is 12.0. The highest BCUT2D eigenvalue weighted by Crippen LogP contribution is 2.13. The Kier molecular flexibility index (Phi) is 8.05. The van der Waals surface area contributed by atoms with Crippen molar-refractivity contribution in [3.63, 3.8) is 0 Å². The third-order valence-corrected chi connectivity index (χ3v) is 4.21. The molecule has 0 aliphatic carbocycles. The summed E-state index contributed by atoms with van der Waals surface area (Å²) in [4.78, 5) is 14.4. The fraction of sp³-hybridized carbons (Fsp3) is 0.632. The molecule has 0 spiro atoms. The van der Waals surface area contributed by atoms with E-state index in [1.165, 1.54) is 19.3 Å². The van der Waals surface area contributed by atoms with Crippen molar-refractivity contribution < 1.29 is 19.6 Å². The normalized spacial score (nSPS) is 16.6. The van der Waals surface area contributed by atoms with Crippen LogP contribution < -0.4 is 10.1 Å². The summed E-state index contributed by atoms with van der Waals surface area (Å²) < 4.78 is 11.1. The summed E-state index contributed by atoms with van der Waals surface area (Å²) in [6.07, 6.45) is 5.63. The van der Waals surface area contributed by atoms with Gasteiger partial charge >= 0.3 is 6.09 Å². The molecule has 1 aliphatic rings. The first-order valence-electron chi connectivity index (χ1n) is 9.18. The van der Waals surface area contributed by atoms with Gasteiger partial charge in [-0.15, -0.1) is 0 Å². The molecule has 1 aromatic carbocycles. The van der Waals surface area contributed by atoms with Gasteiger partial charge in [0.2, 0.25) is 0 Å². The van der Waals surface area contributed by atoms with E-state index in [0.29, 0.717) is 0 Å². The number of piperidine rings is 1. The van der Waals surface area contributed by atoms with Gasteiger partial charge in [0, 0.05) is 18.7 Å². The van der Waals surface area contributed by atoms with Gasteiger partial charge < -0.3 is 9.47 Å². The number of rotatable bonds is 8. The number of quaternary nitrogens is 1. The van der Waals surface area contributed by atoms with E-state index in [-0.39, 0.29) is 12.2 Å². The first-order valence-corrected chi connectivity index (χ1v) is 9.18. The molecular formula is C19H31N2O3+. The van der Waals surface area contributed by atoms with Gasteiger partial charge in [-0.1, -0.05) is 19.8 Å². The SMILES string of the molecule is CCCCOc1ccc([NH2+]C(=O)O[C@H](C)CN2CCCCC2)cc1. The number of carbonyl (C=O) groups is 1. The van der Waals surface area contributed by atoms with E-state index in [0.717, 1.165) is 50.5 Å². The zero-order chi connectivity index (χ0) is 17.2. The second-order valence-electron chi connectivity index (χ2n) is 6.52. The minimum atomic E-state index is -0.279. The number of hydrogen-bond donors (Lipinski definition) is 1. The molecule has 2 rings (SSSR count). The Morgan fingerprint density at radius 2 is 1.92 bits per heavy atom. The molecule has 134 valence electrons. The summed E-state index contributed by atoms with van der Waals surface area (Å²) in [6.45, 7) is 7.89. The van der Waals surface area contributed by atoms with Crippen LogP contribution in [0.25, 0.3) is 0 Å². The zero-order valence-electron chi connectivity index (χ0n) is 15.0. The Hall–Kier alpha value is -1.59. The van der Waals surface area contributed by atoms with Crippen LogP contribution >= 0.6 is 0 Å². The average molecular weight is 335 g/mol. The van der Waals surface area contributed by atoms with Crippen LogP contribution in [0.1, 0.15) is 46.0 Å². The van der Waals surface area contributed by atoms with E-state index in [2.05, 4.69) is 11.8 Å². The van der Waals surface area contributed by atoms with E-state index in [1.807, 2.05) is 31.2 Å². The molecule has 5 heteroatoms. The number of benzene rings is 1. The first kappa shape index (κ1) is 18.7. The van der Waals surface area contributed by atoms with E-state index in [9.17, 15) is 4.79 Å². The standard InChI is InChI=1S/C19H30N2O3/c1-3-4-14-23-18-10-8-17(9-11-18)20-19(22)24-16(2)15-21-12-6-5-7-13-21/h8-11,16H,3-7,12-15H2,1-2H3,(H,20,22)/p+1/t16-/m1/s1. The topological polar surface area (TPSA) is 55.4 Å². The molecule has 0 radical (unpaired) electrons. The molecule has 0 saturated carbocycles. The van der Waals surface area contributed by atoms with Gasteiger partial charge in [-0.2, -0.15) is 4.79 Å². The van der Waals surface area contributed by atoms with Crippen LogP contribution in [-0.2, 0) is 4.74 Å². The Labute approximate surface area is 145 Å². The second kappa shape index (κ2) is 10.3. The van der Waals surface area contributed by atoms with Crippen LogP contribution in [0, 0.1) is 0 Å². The maximum Gasteiger partial charge on any atom is 0.518 e. The quantitative estimate of drug-likeness (QED) is 0.586. The van der Waals surface area contributed by atoms with Crippen molar-refractivity contribution in [3.8, 4) is 5.75 Å². The number of likely N-dealkylation sites (tertiary alicyclic amines) is 1. The fourth-order valence-corrected chi connectivity index (χ4v) is 2.91. The number of primary amides is 1. The summed E-state index contributed by atoms with van der Waals surface area (Å²) in [7, 11) is 0. The summed E-state index contributed by atoms with van der Waals surface area (Å²) >= 11 is 0. The van der Waals surface area contributed by atoms with Gasteiger partial charge in [-0.05, 0) is 51.4 Å². The summed E-state index contributed by atoms with van der Waals surface area (Å²) in [5.41, 5.74) is 0.841. The highest BCUT2D eigenvalue weighted by Gasteiger charge is 2.18. The van der Waals surface area contributed by atoms with Gasteiger partial charge in [0.15, 0.2) is 0 Å². The monoisotopic (exact) mass is 335 g/mol. The zero-order valence-corrected chi connectivity index (χ0v) is 15.0. The lowest BCUT2D eigenvalue weighted by Gasteiger charge is -2.28. The predicted molar refractivity (Wildman–Crippen MR) is 94.7 cm³/mol. The lowest BCUT2D eigenvalue weighted by Crippen LogP contribution is -2.82. The van der Waals surface area contributed by atoms with Gasteiger partial charge in [-0.3, -0.25) is 4.90 Å². The molecule has 1 heterocycles. The molecule has 1 atom stereocenters. The minimum absolute atomic E-state index is 0.0801. The van der Waals surface area contributed by atoms with Crippen molar-refractivity contribution >= 4 is 11.8 Å². The second-order valence-corrected chi connectivity index (χ2v) is 6.52. The molecule has 1 saturated heterocycles. The lowest BCUT2D eigenvalue weighted by molar-refractivity contribution is -0.484. The molecule has 0 unspecified atom stereocenters. The lowest BCUT2D eigenvalue weighted by atomic mass is 10.1. The van der Waals surface area contributed by atoms with Crippen LogP contribution in [0.15, 0.2) is 24.3 Å². The largest absolute Gasteiger partial charge is 0.518 e. The number of carbonyl (C=O) groups excluding carboxylic acids is 1.